The van der Waals surface area contributed by atoms with E-state index >= 15 is 0 Å². The van der Waals surface area contributed by atoms with Crippen LogP contribution in [0.25, 0.3) is 0 Å². The number of carboxylic acids is 2. The SMILES string of the molecule is CCCCCC(=O)O.CCCCCC(=O)O.OCCO. The van der Waals surface area contributed by atoms with E-state index < -0.39 is 11.9 Å². The standard InChI is InChI=1S/2C6H12O2.C2H6O2/c2*1-2-3-4-5-6(7)8;3-1-2-4/h2*2-5H2,1H3,(H,7,8);3-4H,1-2H2. The molecule has 0 amide bonds. The first kappa shape index (κ1) is 23.9. The molecular formula is C14H30O6. The van der Waals surface area contributed by atoms with Gasteiger partial charge in [-0.1, -0.05) is 39.5 Å². The minimum Gasteiger partial charge on any atom is -0.481 e. The van der Waals surface area contributed by atoms with Gasteiger partial charge >= 0.3 is 11.9 Å². The van der Waals surface area contributed by atoms with E-state index in [1.54, 1.807) is 0 Å². The van der Waals surface area contributed by atoms with Crippen LogP contribution in [0.4, 0.5) is 0 Å². The average Bonchev–Trinajstić information content (AvgIpc) is 2.40. The Kier molecular flexibility index (Phi) is 27.5. The van der Waals surface area contributed by atoms with Gasteiger partial charge in [0.05, 0.1) is 13.2 Å². The summed E-state index contributed by atoms with van der Waals surface area (Å²) in [5, 5.41) is 31.5. The molecule has 0 saturated heterocycles. The number of aliphatic hydroxyl groups excluding tert-OH is 2. The molecule has 0 saturated carbocycles. The van der Waals surface area contributed by atoms with Gasteiger partial charge in [-0.15, -0.1) is 0 Å². The molecule has 0 spiro atoms. The maximum absolute atomic E-state index is 9.87. The monoisotopic (exact) mass is 294 g/mol. The van der Waals surface area contributed by atoms with Crippen molar-refractivity contribution < 1.29 is 30.0 Å². The van der Waals surface area contributed by atoms with Crippen molar-refractivity contribution in [1.82, 2.24) is 0 Å². The van der Waals surface area contributed by atoms with Gasteiger partial charge in [-0.3, -0.25) is 9.59 Å². The van der Waals surface area contributed by atoms with E-state index in [0.717, 1.165) is 38.5 Å². The van der Waals surface area contributed by atoms with Gasteiger partial charge in [-0.05, 0) is 12.8 Å². The molecule has 20 heavy (non-hydrogen) atoms. The largest absolute Gasteiger partial charge is 0.481 e. The van der Waals surface area contributed by atoms with Crippen LogP contribution in [0.15, 0.2) is 0 Å². The van der Waals surface area contributed by atoms with Gasteiger partial charge in [-0.2, -0.15) is 0 Å². The Morgan fingerprint density at radius 2 is 1.00 bits per heavy atom. The van der Waals surface area contributed by atoms with Crippen LogP contribution in [-0.2, 0) is 9.59 Å². The highest BCUT2D eigenvalue weighted by Crippen LogP contribution is 1.97. The smallest absolute Gasteiger partial charge is 0.303 e. The van der Waals surface area contributed by atoms with Gasteiger partial charge < -0.3 is 20.4 Å². The number of carbonyl (C=O) groups is 2. The fourth-order valence-corrected chi connectivity index (χ4v) is 1.05. The molecule has 0 aliphatic heterocycles. The second-order valence-corrected chi connectivity index (χ2v) is 4.15. The first-order valence-corrected chi connectivity index (χ1v) is 7.11. The molecule has 6 nitrogen and oxygen atoms in total. The van der Waals surface area contributed by atoms with Gasteiger partial charge in [0.15, 0.2) is 0 Å². The topological polar surface area (TPSA) is 115 Å². The molecule has 122 valence electrons. The van der Waals surface area contributed by atoms with Crippen molar-refractivity contribution in [3.8, 4) is 0 Å². The molecule has 0 heterocycles. The molecule has 0 aliphatic rings. The molecule has 0 aromatic rings. The zero-order valence-electron chi connectivity index (χ0n) is 12.7. The number of carboxylic acid groups (broad SMARTS) is 2. The number of aliphatic hydroxyl groups is 2. The summed E-state index contributed by atoms with van der Waals surface area (Å²) in [7, 11) is 0. The average molecular weight is 294 g/mol. The van der Waals surface area contributed by atoms with Crippen LogP contribution in [0.1, 0.15) is 65.2 Å². The number of aliphatic carboxylic acids is 2. The molecule has 0 aliphatic carbocycles. The van der Waals surface area contributed by atoms with Gasteiger partial charge in [0.1, 0.15) is 0 Å². The van der Waals surface area contributed by atoms with Crippen LogP contribution in [0.2, 0.25) is 0 Å². The predicted octanol–water partition coefficient (Wildman–Crippen LogP) is 2.27. The zero-order chi connectivity index (χ0) is 16.2. The first-order valence-electron chi connectivity index (χ1n) is 7.11. The highest BCUT2D eigenvalue weighted by molar-refractivity contribution is 5.66. The number of hydrogen-bond acceptors (Lipinski definition) is 4. The Labute approximate surface area is 121 Å². The fourth-order valence-electron chi connectivity index (χ4n) is 1.05. The highest BCUT2D eigenvalue weighted by atomic mass is 16.4. The Bertz CT molecular complexity index is 184. The molecular weight excluding hydrogens is 264 g/mol. The first-order chi connectivity index (χ1) is 9.45. The third kappa shape index (κ3) is 43.6. The van der Waals surface area contributed by atoms with Crippen LogP contribution in [0, 0.1) is 0 Å². The summed E-state index contributed by atoms with van der Waals surface area (Å²) in [6, 6.07) is 0. The van der Waals surface area contributed by atoms with E-state index in [1.165, 1.54) is 0 Å². The summed E-state index contributed by atoms with van der Waals surface area (Å²) in [5.74, 6) is -1.36. The molecule has 0 fully saturated rings. The molecule has 0 atom stereocenters. The molecule has 0 unspecified atom stereocenters. The summed E-state index contributed by atoms with van der Waals surface area (Å²) in [6.07, 6.45) is 6.55. The van der Waals surface area contributed by atoms with Crippen molar-refractivity contribution in [2.75, 3.05) is 13.2 Å². The van der Waals surface area contributed by atoms with E-state index in [1.807, 2.05) is 0 Å². The lowest BCUT2D eigenvalue weighted by molar-refractivity contribution is -0.138. The summed E-state index contributed by atoms with van der Waals surface area (Å²) < 4.78 is 0. The fraction of sp³-hybridized carbons (Fsp3) is 0.857. The highest BCUT2D eigenvalue weighted by Gasteiger charge is 1.93. The van der Waals surface area contributed by atoms with E-state index in [0.29, 0.717) is 12.8 Å². The minimum atomic E-state index is -0.682. The lowest BCUT2D eigenvalue weighted by Crippen LogP contribution is -1.92. The maximum Gasteiger partial charge on any atom is 0.303 e. The zero-order valence-corrected chi connectivity index (χ0v) is 12.7. The quantitative estimate of drug-likeness (QED) is 0.485. The summed E-state index contributed by atoms with van der Waals surface area (Å²) in [4.78, 5) is 19.7. The lowest BCUT2D eigenvalue weighted by atomic mass is 10.2. The van der Waals surface area contributed by atoms with Crippen molar-refractivity contribution in [2.24, 2.45) is 0 Å². The van der Waals surface area contributed by atoms with Crippen molar-refractivity contribution >= 4 is 11.9 Å². The predicted molar refractivity (Wildman–Crippen MR) is 77.7 cm³/mol. The lowest BCUT2D eigenvalue weighted by Gasteiger charge is -1.89. The van der Waals surface area contributed by atoms with Crippen molar-refractivity contribution in [1.29, 1.82) is 0 Å². The van der Waals surface area contributed by atoms with Crippen LogP contribution >= 0.6 is 0 Å². The number of rotatable bonds is 9. The third-order valence-electron chi connectivity index (χ3n) is 2.09. The maximum atomic E-state index is 9.87. The van der Waals surface area contributed by atoms with Gasteiger partial charge in [0.25, 0.3) is 0 Å². The van der Waals surface area contributed by atoms with Crippen molar-refractivity contribution in [2.45, 2.75) is 65.2 Å². The second-order valence-electron chi connectivity index (χ2n) is 4.15. The minimum absolute atomic E-state index is 0.125. The Morgan fingerprint density at radius 1 is 0.700 bits per heavy atom. The van der Waals surface area contributed by atoms with Crippen LogP contribution in [0.3, 0.4) is 0 Å². The van der Waals surface area contributed by atoms with Gasteiger partial charge in [-0.25, -0.2) is 0 Å². The van der Waals surface area contributed by atoms with Gasteiger partial charge in [0.2, 0.25) is 0 Å². The van der Waals surface area contributed by atoms with Crippen molar-refractivity contribution in [3.63, 3.8) is 0 Å². The van der Waals surface area contributed by atoms with Gasteiger partial charge in [0, 0.05) is 12.8 Å². The molecule has 0 radical (unpaired) electrons. The summed E-state index contributed by atoms with van der Waals surface area (Å²) in [6.45, 7) is 3.86. The molecule has 0 bridgehead atoms. The van der Waals surface area contributed by atoms with Crippen LogP contribution in [-0.4, -0.2) is 45.6 Å². The number of hydrogen-bond donors (Lipinski definition) is 4. The van der Waals surface area contributed by atoms with E-state index in [-0.39, 0.29) is 13.2 Å². The van der Waals surface area contributed by atoms with Crippen LogP contribution in [0.5, 0.6) is 0 Å². The third-order valence-corrected chi connectivity index (χ3v) is 2.09. The molecule has 0 aromatic heterocycles. The van der Waals surface area contributed by atoms with Crippen LogP contribution < -0.4 is 0 Å². The normalized spacial score (nSPS) is 8.80. The van der Waals surface area contributed by atoms with Crippen molar-refractivity contribution in [3.05, 3.63) is 0 Å². The Morgan fingerprint density at radius 3 is 1.15 bits per heavy atom. The second kappa shape index (κ2) is 23.0. The Balaban J connectivity index is -0.000000230. The molecule has 4 N–H and O–H groups in total. The van der Waals surface area contributed by atoms with E-state index in [9.17, 15) is 9.59 Å². The summed E-state index contributed by atoms with van der Waals surface area (Å²) >= 11 is 0. The number of unbranched alkanes of at least 4 members (excludes halogenated alkanes) is 4. The summed E-state index contributed by atoms with van der Waals surface area (Å²) in [5.41, 5.74) is 0. The molecule has 6 heteroatoms. The van der Waals surface area contributed by atoms with E-state index in [2.05, 4.69) is 13.8 Å². The molecule has 0 aromatic carbocycles. The molecule has 0 rings (SSSR count). The Hall–Kier alpha value is -1.14. The van der Waals surface area contributed by atoms with E-state index in [4.69, 9.17) is 20.4 Å².